The van der Waals surface area contributed by atoms with Gasteiger partial charge >= 0.3 is 12.1 Å². The van der Waals surface area contributed by atoms with E-state index in [1.165, 1.54) is 4.90 Å². The molecular weight excluding hydrogens is 300 g/mol. The third-order valence-corrected chi connectivity index (χ3v) is 3.79. The van der Waals surface area contributed by atoms with Crippen LogP contribution in [0.5, 0.6) is 0 Å². The Morgan fingerprint density at radius 2 is 2.09 bits per heavy atom. The van der Waals surface area contributed by atoms with Crippen LogP contribution < -0.4 is 0 Å². The van der Waals surface area contributed by atoms with Crippen molar-refractivity contribution < 1.29 is 19.4 Å². The molecule has 1 aliphatic heterocycles. The lowest BCUT2D eigenvalue weighted by atomic mass is 10.1. The SMILES string of the molecule is O=C(O)c1n[nH]nc1C1CCCN1C(=O)OCc1ccccc1. The summed E-state index contributed by atoms with van der Waals surface area (Å²) in [5.41, 5.74) is 1.01. The van der Waals surface area contributed by atoms with Gasteiger partial charge in [0.2, 0.25) is 0 Å². The topological polar surface area (TPSA) is 108 Å². The average Bonchev–Trinajstić information content (AvgIpc) is 3.21. The Morgan fingerprint density at radius 3 is 2.83 bits per heavy atom. The normalized spacial score (nSPS) is 17.2. The van der Waals surface area contributed by atoms with E-state index in [-0.39, 0.29) is 18.0 Å². The number of nitrogens with zero attached hydrogens (tertiary/aromatic N) is 3. The molecule has 2 aromatic rings. The van der Waals surface area contributed by atoms with Gasteiger partial charge in [0.05, 0.1) is 6.04 Å². The van der Waals surface area contributed by atoms with E-state index in [1.54, 1.807) is 0 Å². The summed E-state index contributed by atoms with van der Waals surface area (Å²) >= 11 is 0. The molecule has 3 rings (SSSR count). The Hall–Kier alpha value is -2.90. The van der Waals surface area contributed by atoms with Crippen molar-refractivity contribution >= 4 is 12.1 Å². The molecule has 0 spiro atoms. The lowest BCUT2D eigenvalue weighted by Gasteiger charge is -2.22. The van der Waals surface area contributed by atoms with E-state index in [1.807, 2.05) is 30.3 Å². The lowest BCUT2D eigenvalue weighted by molar-refractivity contribution is 0.0681. The summed E-state index contributed by atoms with van der Waals surface area (Å²) in [6.07, 6.45) is 0.917. The maximum Gasteiger partial charge on any atom is 0.410 e. The highest BCUT2D eigenvalue weighted by atomic mass is 16.6. The largest absolute Gasteiger partial charge is 0.476 e. The molecule has 23 heavy (non-hydrogen) atoms. The highest BCUT2D eigenvalue weighted by molar-refractivity contribution is 5.86. The van der Waals surface area contributed by atoms with Crippen LogP contribution >= 0.6 is 0 Å². The molecule has 0 bridgehead atoms. The summed E-state index contributed by atoms with van der Waals surface area (Å²) in [5.74, 6) is -1.17. The van der Waals surface area contributed by atoms with Crippen molar-refractivity contribution in [2.45, 2.75) is 25.5 Å². The van der Waals surface area contributed by atoms with E-state index in [0.717, 1.165) is 12.0 Å². The van der Waals surface area contributed by atoms with E-state index in [0.29, 0.717) is 13.0 Å². The average molecular weight is 316 g/mol. The predicted octanol–water partition coefficient (Wildman–Crippen LogP) is 1.98. The zero-order valence-corrected chi connectivity index (χ0v) is 12.3. The molecule has 1 aromatic heterocycles. The molecule has 1 saturated heterocycles. The molecule has 2 heterocycles. The Bertz CT molecular complexity index is 701. The van der Waals surface area contributed by atoms with Gasteiger partial charge in [0.1, 0.15) is 12.3 Å². The fraction of sp³-hybridized carbons (Fsp3) is 0.333. The smallest absolute Gasteiger partial charge is 0.410 e. The van der Waals surface area contributed by atoms with Gasteiger partial charge in [0.25, 0.3) is 0 Å². The standard InChI is InChI=1S/C15H16N4O4/c20-14(21)13-12(16-18-17-13)11-7-4-8-19(11)15(22)23-9-10-5-2-1-3-6-10/h1-3,5-6,11H,4,7-9H2,(H,20,21)(H,16,17,18). The van der Waals surface area contributed by atoms with Crippen LogP contribution in [0.1, 0.15) is 40.6 Å². The van der Waals surface area contributed by atoms with Gasteiger partial charge in [-0.05, 0) is 18.4 Å². The second kappa shape index (κ2) is 6.47. The predicted molar refractivity (Wildman–Crippen MR) is 78.7 cm³/mol. The van der Waals surface area contributed by atoms with Gasteiger partial charge < -0.3 is 9.84 Å². The van der Waals surface area contributed by atoms with Crippen LogP contribution in [0.15, 0.2) is 30.3 Å². The van der Waals surface area contributed by atoms with Gasteiger partial charge in [-0.3, -0.25) is 4.90 Å². The highest BCUT2D eigenvalue weighted by Gasteiger charge is 2.36. The van der Waals surface area contributed by atoms with E-state index in [9.17, 15) is 9.59 Å². The van der Waals surface area contributed by atoms with Gasteiger partial charge in [0, 0.05) is 6.54 Å². The molecule has 1 fully saturated rings. The number of ether oxygens (including phenoxy) is 1. The minimum atomic E-state index is -1.17. The number of hydrogen-bond acceptors (Lipinski definition) is 5. The number of carboxylic acid groups (broad SMARTS) is 1. The lowest BCUT2D eigenvalue weighted by Crippen LogP contribution is -2.32. The first-order chi connectivity index (χ1) is 11.2. The molecule has 1 aromatic carbocycles. The Labute approximate surface area is 132 Å². The number of carbonyl (C=O) groups excluding carboxylic acids is 1. The van der Waals surface area contributed by atoms with Crippen LogP contribution in [0.3, 0.4) is 0 Å². The van der Waals surface area contributed by atoms with Crippen LogP contribution in [0, 0.1) is 0 Å². The Morgan fingerprint density at radius 1 is 1.30 bits per heavy atom. The summed E-state index contributed by atoms with van der Waals surface area (Å²) in [6.45, 7) is 0.678. The van der Waals surface area contributed by atoms with Crippen LogP contribution in [0.4, 0.5) is 4.79 Å². The molecule has 8 heteroatoms. The number of rotatable bonds is 4. The zero-order valence-electron chi connectivity index (χ0n) is 12.3. The van der Waals surface area contributed by atoms with Crippen molar-refractivity contribution in [3.63, 3.8) is 0 Å². The van der Waals surface area contributed by atoms with Crippen molar-refractivity contribution in [3.05, 3.63) is 47.3 Å². The molecular formula is C15H16N4O4. The summed E-state index contributed by atoms with van der Waals surface area (Å²) in [5, 5.41) is 19.0. The van der Waals surface area contributed by atoms with E-state index >= 15 is 0 Å². The molecule has 1 aliphatic rings. The summed E-state index contributed by atoms with van der Waals surface area (Å²) in [7, 11) is 0. The molecule has 8 nitrogen and oxygen atoms in total. The van der Waals surface area contributed by atoms with Gasteiger partial charge in [0.15, 0.2) is 5.69 Å². The highest BCUT2D eigenvalue weighted by Crippen LogP contribution is 2.32. The number of aromatic amines is 1. The molecule has 1 amide bonds. The fourth-order valence-corrected chi connectivity index (χ4v) is 2.70. The van der Waals surface area contributed by atoms with Gasteiger partial charge in [-0.1, -0.05) is 30.3 Å². The number of benzene rings is 1. The van der Waals surface area contributed by atoms with E-state index in [4.69, 9.17) is 9.84 Å². The maximum atomic E-state index is 12.3. The van der Waals surface area contributed by atoms with Crippen LogP contribution in [-0.2, 0) is 11.3 Å². The number of carboxylic acids is 1. The Balaban J connectivity index is 1.70. The minimum Gasteiger partial charge on any atom is -0.476 e. The second-order valence-electron chi connectivity index (χ2n) is 5.25. The summed E-state index contributed by atoms with van der Waals surface area (Å²) < 4.78 is 5.32. The first-order valence-electron chi connectivity index (χ1n) is 7.28. The third kappa shape index (κ3) is 3.15. The monoisotopic (exact) mass is 316 g/mol. The molecule has 1 unspecified atom stereocenters. The maximum absolute atomic E-state index is 12.3. The quantitative estimate of drug-likeness (QED) is 0.892. The number of aromatic nitrogens is 3. The van der Waals surface area contributed by atoms with Gasteiger partial charge in [-0.25, -0.2) is 9.59 Å². The van der Waals surface area contributed by atoms with Gasteiger partial charge in [-0.15, -0.1) is 5.10 Å². The number of aromatic carboxylic acids is 1. The van der Waals surface area contributed by atoms with Crippen LogP contribution in [0.25, 0.3) is 0 Å². The number of likely N-dealkylation sites (tertiary alicyclic amines) is 1. The minimum absolute atomic E-state index is 0.155. The molecule has 0 radical (unpaired) electrons. The summed E-state index contributed by atoms with van der Waals surface area (Å²) in [4.78, 5) is 25.0. The van der Waals surface area contributed by atoms with Gasteiger partial charge in [-0.2, -0.15) is 10.3 Å². The second-order valence-corrected chi connectivity index (χ2v) is 5.25. The molecule has 1 atom stereocenters. The number of nitrogens with one attached hydrogen (secondary N) is 1. The van der Waals surface area contributed by atoms with Crippen LogP contribution in [0.2, 0.25) is 0 Å². The van der Waals surface area contributed by atoms with Crippen molar-refractivity contribution in [2.75, 3.05) is 6.54 Å². The molecule has 0 aliphatic carbocycles. The van der Waals surface area contributed by atoms with Crippen molar-refractivity contribution in [3.8, 4) is 0 Å². The summed E-state index contributed by atoms with van der Waals surface area (Å²) in [6, 6.07) is 8.94. The molecule has 2 N–H and O–H groups in total. The fourth-order valence-electron chi connectivity index (χ4n) is 2.70. The first-order valence-corrected chi connectivity index (χ1v) is 7.28. The number of carbonyl (C=O) groups is 2. The Kier molecular flexibility index (Phi) is 4.22. The zero-order chi connectivity index (χ0) is 16.2. The third-order valence-electron chi connectivity index (χ3n) is 3.79. The first kappa shape index (κ1) is 15.0. The van der Waals surface area contributed by atoms with Crippen molar-refractivity contribution in [1.29, 1.82) is 0 Å². The number of amides is 1. The number of H-pyrrole nitrogens is 1. The molecule has 120 valence electrons. The van der Waals surface area contributed by atoms with E-state index < -0.39 is 18.1 Å². The van der Waals surface area contributed by atoms with E-state index in [2.05, 4.69) is 15.4 Å². The van der Waals surface area contributed by atoms with Crippen molar-refractivity contribution in [1.82, 2.24) is 20.3 Å². The number of hydrogen-bond donors (Lipinski definition) is 2. The van der Waals surface area contributed by atoms with Crippen LogP contribution in [-0.4, -0.2) is 44.0 Å². The molecule has 0 saturated carbocycles. The van der Waals surface area contributed by atoms with Crippen molar-refractivity contribution in [2.24, 2.45) is 0 Å².